The van der Waals surface area contributed by atoms with Gasteiger partial charge in [0.2, 0.25) is 0 Å². The zero-order valence-corrected chi connectivity index (χ0v) is 14.9. The maximum absolute atomic E-state index is 12.0. The van der Waals surface area contributed by atoms with Crippen LogP contribution in [0.25, 0.3) is 6.08 Å². The minimum absolute atomic E-state index is 0.0376. The van der Waals surface area contributed by atoms with Crippen LogP contribution in [0.2, 0.25) is 0 Å². The number of likely N-dealkylation sites (N-methyl/N-ethyl adjacent to an activating group) is 1. The molecular formula is C19H26N4O2. The van der Waals surface area contributed by atoms with Crippen LogP contribution in [-0.4, -0.2) is 61.8 Å². The molecule has 1 heterocycles. The Balaban J connectivity index is 2.01. The van der Waals surface area contributed by atoms with Gasteiger partial charge in [-0.2, -0.15) is 5.26 Å². The van der Waals surface area contributed by atoms with Crippen molar-refractivity contribution in [3.05, 3.63) is 35.4 Å². The molecule has 0 radical (unpaired) electrons. The number of benzene rings is 1. The molecule has 25 heavy (non-hydrogen) atoms. The average Bonchev–Trinajstić information content (AvgIpc) is 2.65. The Morgan fingerprint density at radius 2 is 1.96 bits per heavy atom. The van der Waals surface area contributed by atoms with E-state index < -0.39 is 12.0 Å². The number of rotatable bonds is 6. The molecule has 2 rings (SSSR count). The number of carbonyl (C=O) groups is 1. The number of carbonyl (C=O) groups excluding carboxylic acids is 1. The van der Waals surface area contributed by atoms with Gasteiger partial charge in [-0.1, -0.05) is 19.1 Å². The summed E-state index contributed by atoms with van der Waals surface area (Å²) in [5.41, 5.74) is 2.00. The molecule has 0 aromatic heterocycles. The van der Waals surface area contributed by atoms with Gasteiger partial charge in [-0.05, 0) is 37.2 Å². The van der Waals surface area contributed by atoms with Crippen molar-refractivity contribution in [1.82, 2.24) is 10.2 Å². The van der Waals surface area contributed by atoms with E-state index in [0.29, 0.717) is 6.42 Å². The minimum atomic E-state index is -0.591. The van der Waals surface area contributed by atoms with Crippen LogP contribution >= 0.6 is 0 Å². The second-order valence-corrected chi connectivity index (χ2v) is 6.32. The van der Waals surface area contributed by atoms with Gasteiger partial charge >= 0.3 is 0 Å². The van der Waals surface area contributed by atoms with Gasteiger partial charge in [0, 0.05) is 38.4 Å². The lowest BCUT2D eigenvalue weighted by molar-refractivity contribution is -0.117. The average molecular weight is 342 g/mol. The van der Waals surface area contributed by atoms with Gasteiger partial charge in [-0.3, -0.25) is 4.79 Å². The number of aliphatic hydroxyl groups is 1. The largest absolute Gasteiger partial charge is 0.391 e. The van der Waals surface area contributed by atoms with Gasteiger partial charge in [-0.25, -0.2) is 0 Å². The van der Waals surface area contributed by atoms with Crippen molar-refractivity contribution >= 4 is 17.7 Å². The van der Waals surface area contributed by atoms with Crippen LogP contribution in [0.3, 0.4) is 0 Å². The molecule has 1 fully saturated rings. The van der Waals surface area contributed by atoms with E-state index >= 15 is 0 Å². The molecule has 1 aromatic carbocycles. The molecule has 1 aliphatic rings. The summed E-state index contributed by atoms with van der Waals surface area (Å²) >= 11 is 0. The molecule has 6 heteroatoms. The highest BCUT2D eigenvalue weighted by Crippen LogP contribution is 2.18. The fourth-order valence-electron chi connectivity index (χ4n) is 2.61. The van der Waals surface area contributed by atoms with Gasteiger partial charge in [0.25, 0.3) is 5.91 Å². The molecule has 0 spiro atoms. The smallest absolute Gasteiger partial charge is 0.262 e. The highest BCUT2D eigenvalue weighted by molar-refractivity contribution is 6.01. The molecule has 2 N–H and O–H groups in total. The van der Waals surface area contributed by atoms with Crippen molar-refractivity contribution in [2.24, 2.45) is 0 Å². The van der Waals surface area contributed by atoms with E-state index in [1.54, 1.807) is 6.08 Å². The van der Waals surface area contributed by atoms with Crippen molar-refractivity contribution in [3.63, 3.8) is 0 Å². The van der Waals surface area contributed by atoms with Gasteiger partial charge in [0.1, 0.15) is 11.6 Å². The molecule has 0 saturated carbocycles. The minimum Gasteiger partial charge on any atom is -0.391 e. The quantitative estimate of drug-likeness (QED) is 0.600. The first-order valence-corrected chi connectivity index (χ1v) is 8.65. The molecule has 0 bridgehead atoms. The summed E-state index contributed by atoms with van der Waals surface area (Å²) < 4.78 is 0. The summed E-state index contributed by atoms with van der Waals surface area (Å²) in [6.45, 7) is 6.07. The van der Waals surface area contributed by atoms with Crippen molar-refractivity contribution < 1.29 is 9.90 Å². The summed E-state index contributed by atoms with van der Waals surface area (Å²) in [7, 11) is 2.12. The third kappa shape index (κ3) is 5.59. The van der Waals surface area contributed by atoms with Crippen molar-refractivity contribution in [2.45, 2.75) is 19.4 Å². The topological polar surface area (TPSA) is 79.6 Å². The molecule has 0 aliphatic carbocycles. The van der Waals surface area contributed by atoms with E-state index in [1.807, 2.05) is 37.3 Å². The number of nitrogens with zero attached hydrogens (tertiary/aromatic N) is 3. The summed E-state index contributed by atoms with van der Waals surface area (Å²) in [5, 5.41) is 21.3. The van der Waals surface area contributed by atoms with Gasteiger partial charge in [-0.15, -0.1) is 0 Å². The first-order valence-electron chi connectivity index (χ1n) is 8.65. The number of piperazine rings is 1. The SMILES string of the molecule is CCC(O)CNC(=O)/C(C#N)=C/c1ccc(N2CCN(C)CC2)cc1. The zero-order chi connectivity index (χ0) is 18.2. The Labute approximate surface area is 149 Å². The Hall–Kier alpha value is -2.36. The Bertz CT molecular complexity index is 640. The van der Waals surface area contributed by atoms with E-state index in [9.17, 15) is 15.2 Å². The number of nitriles is 1. The molecule has 1 aliphatic heterocycles. The molecule has 1 unspecified atom stereocenters. The van der Waals surface area contributed by atoms with Crippen LogP contribution in [0, 0.1) is 11.3 Å². The van der Waals surface area contributed by atoms with Crippen molar-refractivity contribution in [1.29, 1.82) is 5.26 Å². The molecule has 1 aromatic rings. The Morgan fingerprint density at radius 3 is 2.52 bits per heavy atom. The number of nitrogens with one attached hydrogen (secondary N) is 1. The fourth-order valence-corrected chi connectivity index (χ4v) is 2.61. The second kappa shape index (κ2) is 9.21. The van der Waals surface area contributed by atoms with Crippen LogP contribution in [0.4, 0.5) is 5.69 Å². The Morgan fingerprint density at radius 1 is 1.32 bits per heavy atom. The standard InChI is InChI=1S/C19H26N4O2/c1-3-18(24)14-21-19(25)16(13-20)12-15-4-6-17(7-5-15)23-10-8-22(2)9-11-23/h4-7,12,18,24H,3,8-11,14H2,1-2H3,(H,21,25)/b16-12+. The highest BCUT2D eigenvalue weighted by atomic mass is 16.3. The molecule has 1 saturated heterocycles. The van der Waals surface area contributed by atoms with Crippen molar-refractivity contribution in [3.8, 4) is 6.07 Å². The van der Waals surface area contributed by atoms with Crippen LogP contribution in [0.5, 0.6) is 0 Å². The summed E-state index contributed by atoms with van der Waals surface area (Å²) in [6, 6.07) is 9.80. The van der Waals surface area contributed by atoms with Crippen LogP contribution in [-0.2, 0) is 4.79 Å². The normalized spacial score (nSPS) is 17.0. The summed E-state index contributed by atoms with van der Waals surface area (Å²) in [6.07, 6.45) is 1.54. The number of hydrogen-bond donors (Lipinski definition) is 2. The number of amides is 1. The van der Waals surface area contributed by atoms with Crippen molar-refractivity contribution in [2.75, 3.05) is 44.7 Å². The van der Waals surface area contributed by atoms with E-state index in [0.717, 1.165) is 37.4 Å². The third-order valence-corrected chi connectivity index (χ3v) is 4.41. The Kier molecular flexibility index (Phi) is 6.99. The van der Waals surface area contributed by atoms with E-state index in [-0.39, 0.29) is 12.1 Å². The number of hydrogen-bond acceptors (Lipinski definition) is 5. The summed E-state index contributed by atoms with van der Waals surface area (Å²) in [5.74, 6) is -0.460. The zero-order valence-electron chi connectivity index (χ0n) is 14.9. The van der Waals surface area contributed by atoms with E-state index in [2.05, 4.69) is 22.2 Å². The molecule has 6 nitrogen and oxygen atoms in total. The molecular weight excluding hydrogens is 316 g/mol. The molecule has 1 amide bonds. The van der Waals surface area contributed by atoms with Gasteiger partial charge < -0.3 is 20.2 Å². The maximum atomic E-state index is 12.0. The van der Waals surface area contributed by atoms with Crippen LogP contribution in [0.15, 0.2) is 29.8 Å². The van der Waals surface area contributed by atoms with E-state index in [4.69, 9.17) is 0 Å². The molecule has 1 atom stereocenters. The van der Waals surface area contributed by atoms with E-state index in [1.165, 1.54) is 0 Å². The van der Waals surface area contributed by atoms with Gasteiger partial charge in [0.05, 0.1) is 6.10 Å². The second-order valence-electron chi connectivity index (χ2n) is 6.32. The lowest BCUT2D eigenvalue weighted by atomic mass is 10.1. The lowest BCUT2D eigenvalue weighted by Gasteiger charge is -2.34. The third-order valence-electron chi connectivity index (χ3n) is 4.41. The van der Waals surface area contributed by atoms with Crippen LogP contribution < -0.4 is 10.2 Å². The number of anilines is 1. The van der Waals surface area contributed by atoms with Gasteiger partial charge in [0.15, 0.2) is 0 Å². The predicted molar refractivity (Wildman–Crippen MR) is 99.0 cm³/mol. The fraction of sp³-hybridized carbons (Fsp3) is 0.474. The summed E-state index contributed by atoms with van der Waals surface area (Å²) in [4.78, 5) is 16.7. The predicted octanol–water partition coefficient (Wildman–Crippen LogP) is 1.23. The first kappa shape index (κ1) is 19.0. The first-order chi connectivity index (χ1) is 12.0. The monoisotopic (exact) mass is 342 g/mol. The van der Waals surface area contributed by atoms with Crippen LogP contribution in [0.1, 0.15) is 18.9 Å². The maximum Gasteiger partial charge on any atom is 0.262 e. The number of aliphatic hydroxyl groups excluding tert-OH is 1. The highest BCUT2D eigenvalue weighted by Gasteiger charge is 2.14. The molecule has 134 valence electrons. The lowest BCUT2D eigenvalue weighted by Crippen LogP contribution is -2.44.